The Bertz CT molecular complexity index is 902. The van der Waals surface area contributed by atoms with Crippen LogP contribution >= 0.6 is 11.3 Å². The molecule has 1 aliphatic rings. The lowest BCUT2D eigenvalue weighted by molar-refractivity contribution is -0.118. The van der Waals surface area contributed by atoms with Gasteiger partial charge < -0.3 is 15.6 Å². The number of carbonyl (C=O) groups is 2. The number of hydrogen-bond donors (Lipinski definition) is 3. The topological polar surface area (TPSA) is 74.0 Å². The Labute approximate surface area is 134 Å². The van der Waals surface area contributed by atoms with Crippen molar-refractivity contribution in [3.63, 3.8) is 0 Å². The van der Waals surface area contributed by atoms with Gasteiger partial charge >= 0.3 is 0 Å². The molecule has 1 unspecified atom stereocenters. The van der Waals surface area contributed by atoms with E-state index >= 15 is 0 Å². The summed E-state index contributed by atoms with van der Waals surface area (Å²) in [7, 11) is 0. The second-order valence-corrected chi connectivity index (χ2v) is 6.33. The van der Waals surface area contributed by atoms with E-state index in [-0.39, 0.29) is 24.1 Å². The predicted octanol–water partition coefficient (Wildman–Crippen LogP) is 2.66. The zero-order chi connectivity index (χ0) is 16.0. The molecule has 5 nitrogen and oxygen atoms in total. The molecular formula is C16H12FN3O2S. The van der Waals surface area contributed by atoms with E-state index in [1.807, 2.05) is 11.4 Å². The molecular weight excluding hydrogens is 317 g/mol. The fourth-order valence-electron chi connectivity index (χ4n) is 2.71. The molecule has 0 fully saturated rings. The third-order valence-corrected chi connectivity index (χ3v) is 4.70. The standard InChI is InChI=1S/C16H12FN3O2S/c17-10-1-2-11-9(5-10)7-12(14(21)18-11)19-15(22)13-6-8-3-4-23-16(8)20-13/h1-6,12,20H,7H2,(H,18,21)(H,19,22). The van der Waals surface area contributed by atoms with Gasteiger partial charge in [0.15, 0.2) is 0 Å². The van der Waals surface area contributed by atoms with Crippen LogP contribution in [-0.4, -0.2) is 22.8 Å². The van der Waals surface area contributed by atoms with Gasteiger partial charge in [-0.05, 0) is 41.3 Å². The van der Waals surface area contributed by atoms with Crippen LogP contribution in [0.4, 0.5) is 10.1 Å². The van der Waals surface area contributed by atoms with E-state index in [1.165, 1.54) is 29.5 Å². The highest BCUT2D eigenvalue weighted by Crippen LogP contribution is 2.24. The molecule has 0 radical (unpaired) electrons. The lowest BCUT2D eigenvalue weighted by atomic mass is 9.98. The number of aromatic nitrogens is 1. The largest absolute Gasteiger partial charge is 0.342 e. The van der Waals surface area contributed by atoms with E-state index in [1.54, 1.807) is 6.07 Å². The lowest BCUT2D eigenvalue weighted by Gasteiger charge is -2.25. The van der Waals surface area contributed by atoms with E-state index in [9.17, 15) is 14.0 Å². The Kier molecular flexibility index (Phi) is 3.16. The van der Waals surface area contributed by atoms with Crippen molar-refractivity contribution in [2.24, 2.45) is 0 Å². The number of nitrogens with one attached hydrogen (secondary N) is 3. The number of hydrogen-bond acceptors (Lipinski definition) is 3. The van der Waals surface area contributed by atoms with Crippen molar-refractivity contribution in [1.82, 2.24) is 10.3 Å². The Balaban J connectivity index is 1.55. The maximum atomic E-state index is 13.3. The Hall–Kier alpha value is -2.67. The number of aromatic amines is 1. The molecule has 23 heavy (non-hydrogen) atoms. The average molecular weight is 329 g/mol. The maximum absolute atomic E-state index is 13.3. The van der Waals surface area contributed by atoms with Gasteiger partial charge in [-0.2, -0.15) is 0 Å². The molecule has 0 saturated heterocycles. The second-order valence-electron chi connectivity index (χ2n) is 5.41. The first-order valence-electron chi connectivity index (χ1n) is 7.06. The first-order valence-corrected chi connectivity index (χ1v) is 7.94. The van der Waals surface area contributed by atoms with Gasteiger partial charge in [0.05, 0.1) is 0 Å². The van der Waals surface area contributed by atoms with Crippen LogP contribution in [0.5, 0.6) is 0 Å². The molecule has 1 aromatic carbocycles. The lowest BCUT2D eigenvalue weighted by Crippen LogP contribution is -2.47. The second kappa shape index (κ2) is 5.20. The van der Waals surface area contributed by atoms with Crippen LogP contribution in [0, 0.1) is 5.82 Å². The highest BCUT2D eigenvalue weighted by atomic mass is 32.1. The van der Waals surface area contributed by atoms with Gasteiger partial charge in [0.2, 0.25) is 5.91 Å². The van der Waals surface area contributed by atoms with Crippen LogP contribution in [0.15, 0.2) is 35.7 Å². The van der Waals surface area contributed by atoms with Crippen LogP contribution in [0.2, 0.25) is 0 Å². The molecule has 0 saturated carbocycles. The van der Waals surface area contributed by atoms with Gasteiger partial charge in [0.25, 0.3) is 5.91 Å². The smallest absolute Gasteiger partial charge is 0.268 e. The molecule has 0 aliphatic carbocycles. The molecule has 116 valence electrons. The van der Waals surface area contributed by atoms with Crippen LogP contribution in [-0.2, 0) is 11.2 Å². The van der Waals surface area contributed by atoms with Gasteiger partial charge in [-0.15, -0.1) is 11.3 Å². The minimum absolute atomic E-state index is 0.264. The molecule has 2 aromatic heterocycles. The average Bonchev–Trinajstić information content (AvgIpc) is 3.09. The van der Waals surface area contributed by atoms with Gasteiger partial charge in [0, 0.05) is 17.5 Å². The molecule has 7 heteroatoms. The summed E-state index contributed by atoms with van der Waals surface area (Å²) in [6.07, 6.45) is 0.264. The zero-order valence-corrected chi connectivity index (χ0v) is 12.7. The molecule has 0 bridgehead atoms. The van der Waals surface area contributed by atoms with Crippen LogP contribution in [0.25, 0.3) is 10.2 Å². The van der Waals surface area contributed by atoms with Gasteiger partial charge in [-0.1, -0.05) is 0 Å². The normalized spacial score (nSPS) is 16.9. The van der Waals surface area contributed by atoms with Crippen molar-refractivity contribution in [3.05, 3.63) is 52.8 Å². The van der Waals surface area contributed by atoms with Crippen LogP contribution < -0.4 is 10.6 Å². The van der Waals surface area contributed by atoms with Crippen molar-refractivity contribution in [1.29, 1.82) is 0 Å². The first-order chi connectivity index (χ1) is 11.1. The molecule has 0 spiro atoms. The van der Waals surface area contributed by atoms with Gasteiger partial charge in [-0.3, -0.25) is 9.59 Å². The fraction of sp³-hybridized carbons (Fsp3) is 0.125. The Morgan fingerprint density at radius 1 is 1.30 bits per heavy atom. The number of carbonyl (C=O) groups excluding carboxylic acids is 2. The Morgan fingerprint density at radius 3 is 3.00 bits per heavy atom. The van der Waals surface area contributed by atoms with Crippen LogP contribution in [0.3, 0.4) is 0 Å². The third-order valence-electron chi connectivity index (χ3n) is 3.86. The summed E-state index contributed by atoms with van der Waals surface area (Å²) >= 11 is 1.51. The number of fused-ring (bicyclic) bond motifs is 2. The minimum atomic E-state index is -0.724. The van der Waals surface area contributed by atoms with E-state index < -0.39 is 6.04 Å². The number of anilines is 1. The van der Waals surface area contributed by atoms with Crippen molar-refractivity contribution < 1.29 is 14.0 Å². The number of benzene rings is 1. The summed E-state index contributed by atoms with van der Waals surface area (Å²) < 4.78 is 13.3. The maximum Gasteiger partial charge on any atom is 0.268 e. The van der Waals surface area contributed by atoms with Crippen molar-refractivity contribution in [3.8, 4) is 0 Å². The van der Waals surface area contributed by atoms with E-state index in [4.69, 9.17) is 0 Å². The summed E-state index contributed by atoms with van der Waals surface area (Å²) in [5.41, 5.74) is 1.66. The first kappa shape index (κ1) is 14.0. The van der Waals surface area contributed by atoms with E-state index in [0.29, 0.717) is 16.9 Å². The SMILES string of the molecule is O=C(NC1Cc2cc(F)ccc2NC1=O)c1cc2ccsc2[nH]1. The molecule has 3 N–H and O–H groups in total. The van der Waals surface area contributed by atoms with E-state index in [2.05, 4.69) is 15.6 Å². The van der Waals surface area contributed by atoms with Crippen molar-refractivity contribution in [2.45, 2.75) is 12.5 Å². The summed E-state index contributed by atoms with van der Waals surface area (Å²) in [5.74, 6) is -1.02. The van der Waals surface area contributed by atoms with Gasteiger partial charge in [0.1, 0.15) is 22.4 Å². The molecule has 3 aromatic rings. The number of amides is 2. The summed E-state index contributed by atoms with van der Waals surface area (Å²) in [4.78, 5) is 28.4. The van der Waals surface area contributed by atoms with Crippen LogP contribution in [0.1, 0.15) is 16.1 Å². The minimum Gasteiger partial charge on any atom is -0.342 e. The highest BCUT2D eigenvalue weighted by molar-refractivity contribution is 7.16. The quantitative estimate of drug-likeness (QED) is 0.676. The van der Waals surface area contributed by atoms with Gasteiger partial charge in [-0.25, -0.2) is 4.39 Å². The van der Waals surface area contributed by atoms with Crippen molar-refractivity contribution >= 4 is 39.1 Å². The fourth-order valence-corrected chi connectivity index (χ4v) is 3.49. The monoisotopic (exact) mass is 329 g/mol. The Morgan fingerprint density at radius 2 is 2.17 bits per heavy atom. The predicted molar refractivity (Wildman–Crippen MR) is 86.2 cm³/mol. The molecule has 1 atom stereocenters. The highest BCUT2D eigenvalue weighted by Gasteiger charge is 2.28. The zero-order valence-electron chi connectivity index (χ0n) is 11.9. The number of rotatable bonds is 2. The molecule has 1 aliphatic heterocycles. The number of halogens is 1. The summed E-state index contributed by atoms with van der Waals surface area (Å²) in [6.45, 7) is 0. The number of H-pyrrole nitrogens is 1. The number of thiophene rings is 1. The molecule has 4 rings (SSSR count). The summed E-state index contributed by atoms with van der Waals surface area (Å²) in [5, 5.41) is 8.28. The summed E-state index contributed by atoms with van der Waals surface area (Å²) in [6, 6.07) is 7.13. The third kappa shape index (κ3) is 2.49. The van der Waals surface area contributed by atoms with Crippen molar-refractivity contribution in [2.75, 3.05) is 5.32 Å². The van der Waals surface area contributed by atoms with E-state index in [0.717, 1.165) is 10.2 Å². The molecule has 2 amide bonds. The molecule has 3 heterocycles.